The van der Waals surface area contributed by atoms with Crippen LogP contribution in [0.5, 0.6) is 0 Å². The van der Waals surface area contributed by atoms with Gasteiger partial charge >= 0.3 is 0 Å². The van der Waals surface area contributed by atoms with Gasteiger partial charge in [-0.1, -0.05) is 12.1 Å². The summed E-state index contributed by atoms with van der Waals surface area (Å²) in [6, 6.07) is 5.22. The lowest BCUT2D eigenvalue weighted by atomic mass is 10.0. The van der Waals surface area contributed by atoms with E-state index in [0.29, 0.717) is 5.56 Å². The topological polar surface area (TPSA) is 37.3 Å². The molecule has 76 valence electrons. The van der Waals surface area contributed by atoms with Crippen molar-refractivity contribution in [3.63, 3.8) is 0 Å². The first kappa shape index (κ1) is 11.1. The summed E-state index contributed by atoms with van der Waals surface area (Å²) in [6.45, 7) is 1.30. The van der Waals surface area contributed by atoms with Gasteiger partial charge in [-0.15, -0.1) is 11.6 Å². The molecule has 1 aromatic rings. The Balaban J connectivity index is 2.84. The van der Waals surface area contributed by atoms with E-state index >= 15 is 0 Å². The third-order valence-electron chi connectivity index (χ3n) is 1.88. The number of benzene rings is 1. The number of aliphatic hydroxyl groups excluding tert-OH is 1. The monoisotopic (exact) mass is 216 g/mol. The first-order valence-corrected chi connectivity index (χ1v) is 4.54. The van der Waals surface area contributed by atoms with E-state index < -0.39 is 17.3 Å². The van der Waals surface area contributed by atoms with E-state index in [2.05, 4.69) is 0 Å². The Morgan fingerprint density at radius 1 is 1.43 bits per heavy atom. The predicted octanol–water partition coefficient (Wildman–Crippen LogP) is 2.06. The number of halogens is 2. The molecule has 0 unspecified atom stereocenters. The van der Waals surface area contributed by atoms with Gasteiger partial charge in [0.25, 0.3) is 0 Å². The Labute approximate surface area is 86.3 Å². The Bertz CT molecular complexity index is 323. The van der Waals surface area contributed by atoms with Crippen molar-refractivity contribution in [1.29, 1.82) is 0 Å². The molecule has 0 aliphatic rings. The average Bonchev–Trinajstić information content (AvgIpc) is 2.16. The molecule has 14 heavy (non-hydrogen) atoms. The van der Waals surface area contributed by atoms with Crippen molar-refractivity contribution in [3.8, 4) is 0 Å². The van der Waals surface area contributed by atoms with Crippen molar-refractivity contribution in [1.82, 2.24) is 0 Å². The standard InChI is InChI=1S/C10H10ClFO2/c1-6(13)9(11)10(14)7-2-4-8(12)5-3-7/h2-5,9-10,14H,1H3/t9-,10+/m0/s1. The summed E-state index contributed by atoms with van der Waals surface area (Å²) in [5, 5.41) is 8.59. The minimum absolute atomic E-state index is 0.316. The molecular weight excluding hydrogens is 207 g/mol. The van der Waals surface area contributed by atoms with Crippen molar-refractivity contribution in [2.75, 3.05) is 0 Å². The van der Waals surface area contributed by atoms with Crippen LogP contribution in [0.4, 0.5) is 4.39 Å². The molecule has 1 aromatic carbocycles. The Morgan fingerprint density at radius 2 is 1.93 bits per heavy atom. The van der Waals surface area contributed by atoms with Crippen LogP contribution >= 0.6 is 11.6 Å². The van der Waals surface area contributed by atoms with E-state index in [9.17, 15) is 14.3 Å². The Morgan fingerprint density at radius 3 is 2.36 bits per heavy atom. The van der Waals surface area contributed by atoms with Crippen LogP contribution in [-0.2, 0) is 4.79 Å². The van der Waals surface area contributed by atoms with Gasteiger partial charge in [-0.05, 0) is 24.6 Å². The zero-order valence-electron chi connectivity index (χ0n) is 7.58. The Hall–Kier alpha value is -0.930. The Kier molecular flexibility index (Phi) is 3.61. The van der Waals surface area contributed by atoms with E-state index in [4.69, 9.17) is 11.6 Å². The van der Waals surface area contributed by atoms with Crippen LogP contribution in [0.25, 0.3) is 0 Å². The van der Waals surface area contributed by atoms with Crippen molar-refractivity contribution < 1.29 is 14.3 Å². The highest BCUT2D eigenvalue weighted by molar-refractivity contribution is 6.31. The molecular formula is C10H10ClFO2. The van der Waals surface area contributed by atoms with Crippen LogP contribution in [0.3, 0.4) is 0 Å². The van der Waals surface area contributed by atoms with E-state index in [0.717, 1.165) is 0 Å². The number of hydrogen-bond acceptors (Lipinski definition) is 2. The van der Waals surface area contributed by atoms with Gasteiger partial charge in [0.2, 0.25) is 0 Å². The van der Waals surface area contributed by atoms with Crippen LogP contribution in [0, 0.1) is 5.82 Å². The fraction of sp³-hybridized carbons (Fsp3) is 0.300. The maximum absolute atomic E-state index is 12.5. The van der Waals surface area contributed by atoms with Gasteiger partial charge in [0.05, 0.1) is 0 Å². The average molecular weight is 217 g/mol. The molecule has 0 heterocycles. The van der Waals surface area contributed by atoms with Crippen LogP contribution in [0.15, 0.2) is 24.3 Å². The van der Waals surface area contributed by atoms with Crippen molar-refractivity contribution >= 4 is 17.4 Å². The molecule has 0 bridgehead atoms. The zero-order chi connectivity index (χ0) is 10.7. The summed E-state index contributed by atoms with van der Waals surface area (Å²) in [4.78, 5) is 10.9. The summed E-state index contributed by atoms with van der Waals surface area (Å²) in [6.07, 6.45) is -1.09. The molecule has 0 aliphatic heterocycles. The van der Waals surface area contributed by atoms with Crippen LogP contribution < -0.4 is 0 Å². The molecule has 4 heteroatoms. The second kappa shape index (κ2) is 4.53. The molecule has 0 amide bonds. The fourth-order valence-electron chi connectivity index (χ4n) is 1.05. The molecule has 2 nitrogen and oxygen atoms in total. The lowest BCUT2D eigenvalue weighted by molar-refractivity contribution is -0.118. The fourth-order valence-corrected chi connectivity index (χ4v) is 1.20. The van der Waals surface area contributed by atoms with Gasteiger partial charge in [-0.2, -0.15) is 0 Å². The zero-order valence-corrected chi connectivity index (χ0v) is 8.33. The molecule has 0 fully saturated rings. The molecule has 2 atom stereocenters. The summed E-state index contributed by atoms with van der Waals surface area (Å²) >= 11 is 5.65. The van der Waals surface area contributed by atoms with Gasteiger partial charge < -0.3 is 5.11 Å². The van der Waals surface area contributed by atoms with Gasteiger partial charge in [0, 0.05) is 0 Å². The maximum atomic E-state index is 12.5. The molecule has 0 saturated heterocycles. The van der Waals surface area contributed by atoms with E-state index in [1.54, 1.807) is 0 Å². The highest BCUT2D eigenvalue weighted by atomic mass is 35.5. The smallest absolute Gasteiger partial charge is 0.150 e. The number of ketones is 1. The number of Topliss-reactive ketones (excluding diaryl/α,β-unsaturated/α-hetero) is 1. The van der Waals surface area contributed by atoms with E-state index in [1.807, 2.05) is 0 Å². The first-order valence-electron chi connectivity index (χ1n) is 4.10. The molecule has 0 saturated carbocycles. The largest absolute Gasteiger partial charge is 0.386 e. The van der Waals surface area contributed by atoms with Crippen LogP contribution in [-0.4, -0.2) is 16.3 Å². The van der Waals surface area contributed by atoms with Gasteiger partial charge in [-0.25, -0.2) is 4.39 Å². The third kappa shape index (κ3) is 2.53. The SMILES string of the molecule is CC(=O)[C@H](Cl)[C@H](O)c1ccc(F)cc1. The van der Waals surface area contributed by atoms with Gasteiger partial charge in [0.1, 0.15) is 17.3 Å². The number of hydrogen-bond donors (Lipinski definition) is 1. The summed E-state index contributed by atoms with van der Waals surface area (Å²) in [5.41, 5.74) is 0.432. The molecule has 1 rings (SSSR count). The normalized spacial score (nSPS) is 14.9. The molecule has 0 aliphatic carbocycles. The minimum Gasteiger partial charge on any atom is -0.386 e. The van der Waals surface area contributed by atoms with Gasteiger partial charge in [0.15, 0.2) is 5.78 Å². The van der Waals surface area contributed by atoms with E-state index in [1.165, 1.54) is 31.2 Å². The summed E-state index contributed by atoms with van der Waals surface area (Å²) < 4.78 is 12.5. The number of alkyl halides is 1. The lowest BCUT2D eigenvalue weighted by Gasteiger charge is -2.14. The second-order valence-electron chi connectivity index (χ2n) is 3.01. The quantitative estimate of drug-likeness (QED) is 0.786. The molecule has 1 N–H and O–H groups in total. The third-order valence-corrected chi connectivity index (χ3v) is 2.42. The number of carbonyl (C=O) groups is 1. The highest BCUT2D eigenvalue weighted by Crippen LogP contribution is 2.21. The van der Waals surface area contributed by atoms with Crippen molar-refractivity contribution in [2.24, 2.45) is 0 Å². The van der Waals surface area contributed by atoms with E-state index in [-0.39, 0.29) is 5.78 Å². The maximum Gasteiger partial charge on any atom is 0.150 e. The second-order valence-corrected chi connectivity index (χ2v) is 3.48. The van der Waals surface area contributed by atoms with Crippen molar-refractivity contribution in [3.05, 3.63) is 35.6 Å². The van der Waals surface area contributed by atoms with Gasteiger partial charge in [-0.3, -0.25) is 4.79 Å². The predicted molar refractivity (Wildman–Crippen MR) is 51.7 cm³/mol. The number of aliphatic hydroxyl groups is 1. The lowest BCUT2D eigenvalue weighted by Crippen LogP contribution is -2.20. The molecule has 0 aromatic heterocycles. The minimum atomic E-state index is -1.09. The first-order chi connectivity index (χ1) is 6.52. The van der Waals surface area contributed by atoms with Crippen LogP contribution in [0.1, 0.15) is 18.6 Å². The summed E-state index contributed by atoms with van der Waals surface area (Å²) in [7, 11) is 0. The van der Waals surface area contributed by atoms with Crippen molar-refractivity contribution in [2.45, 2.75) is 18.4 Å². The summed E-state index contributed by atoms with van der Waals surface area (Å²) in [5.74, 6) is -0.710. The highest BCUT2D eigenvalue weighted by Gasteiger charge is 2.22. The number of carbonyl (C=O) groups excluding carboxylic acids is 1. The molecule has 0 radical (unpaired) electrons. The number of rotatable bonds is 3. The molecule has 0 spiro atoms. The van der Waals surface area contributed by atoms with Crippen LogP contribution in [0.2, 0.25) is 0 Å².